The molecule has 0 aliphatic carbocycles. The van der Waals surface area contributed by atoms with Crippen LogP contribution in [-0.2, 0) is 0 Å². The lowest BCUT2D eigenvalue weighted by atomic mass is 10.3. The first-order valence-corrected chi connectivity index (χ1v) is 4.39. The standard InChI is InChI=1S/C9H9N5O2/c10-7-6(8(11)13-4-12-7)14-9(15)5-2-1-3-16-5/h1-4H,(H,14,15)(H4,10,11,12,13). The van der Waals surface area contributed by atoms with Gasteiger partial charge in [-0.15, -0.1) is 0 Å². The SMILES string of the molecule is Nc1ncnc(N)c1NC(=O)c1ccco1. The maximum absolute atomic E-state index is 11.6. The fraction of sp³-hybridized carbons (Fsp3) is 0. The summed E-state index contributed by atoms with van der Waals surface area (Å²) in [6, 6.07) is 3.12. The maximum Gasteiger partial charge on any atom is 0.291 e. The lowest BCUT2D eigenvalue weighted by molar-refractivity contribution is 0.0996. The van der Waals surface area contributed by atoms with Crippen LogP contribution >= 0.6 is 0 Å². The van der Waals surface area contributed by atoms with Crippen LogP contribution in [0.4, 0.5) is 17.3 Å². The molecular weight excluding hydrogens is 210 g/mol. The van der Waals surface area contributed by atoms with Crippen molar-refractivity contribution in [3.8, 4) is 0 Å². The zero-order chi connectivity index (χ0) is 11.5. The number of hydrogen-bond donors (Lipinski definition) is 3. The molecule has 0 aliphatic rings. The molecule has 5 N–H and O–H groups in total. The van der Waals surface area contributed by atoms with Crippen LogP contribution in [-0.4, -0.2) is 15.9 Å². The Morgan fingerprint density at radius 2 is 2.00 bits per heavy atom. The Hall–Kier alpha value is -2.57. The fourth-order valence-corrected chi connectivity index (χ4v) is 1.12. The van der Waals surface area contributed by atoms with Gasteiger partial charge in [0, 0.05) is 0 Å². The number of aromatic nitrogens is 2. The number of nitrogens with two attached hydrogens (primary N) is 2. The summed E-state index contributed by atoms with van der Waals surface area (Å²) in [5.41, 5.74) is 11.3. The van der Waals surface area contributed by atoms with E-state index in [0.717, 1.165) is 0 Å². The minimum atomic E-state index is -0.460. The van der Waals surface area contributed by atoms with E-state index in [2.05, 4.69) is 15.3 Å². The Morgan fingerprint density at radius 1 is 1.31 bits per heavy atom. The number of anilines is 3. The Balaban J connectivity index is 2.25. The van der Waals surface area contributed by atoms with Gasteiger partial charge in [0.15, 0.2) is 17.4 Å². The molecule has 0 fully saturated rings. The van der Waals surface area contributed by atoms with Crippen molar-refractivity contribution in [3.63, 3.8) is 0 Å². The summed E-state index contributed by atoms with van der Waals surface area (Å²) in [6.45, 7) is 0. The van der Waals surface area contributed by atoms with E-state index < -0.39 is 5.91 Å². The second-order valence-electron chi connectivity index (χ2n) is 2.95. The van der Waals surface area contributed by atoms with E-state index in [0.29, 0.717) is 0 Å². The number of amides is 1. The average molecular weight is 219 g/mol. The Kier molecular flexibility index (Phi) is 2.42. The first-order chi connectivity index (χ1) is 7.68. The smallest absolute Gasteiger partial charge is 0.291 e. The van der Waals surface area contributed by atoms with Gasteiger partial charge in [-0.2, -0.15) is 0 Å². The van der Waals surface area contributed by atoms with Crippen molar-refractivity contribution >= 4 is 23.2 Å². The van der Waals surface area contributed by atoms with Gasteiger partial charge in [0.2, 0.25) is 0 Å². The third kappa shape index (κ3) is 1.78. The van der Waals surface area contributed by atoms with E-state index in [9.17, 15) is 4.79 Å². The predicted octanol–water partition coefficient (Wildman–Crippen LogP) is 0.486. The van der Waals surface area contributed by atoms with E-state index in [-0.39, 0.29) is 23.1 Å². The minimum absolute atomic E-state index is 0.104. The fourth-order valence-electron chi connectivity index (χ4n) is 1.12. The van der Waals surface area contributed by atoms with Gasteiger partial charge < -0.3 is 21.2 Å². The van der Waals surface area contributed by atoms with Crippen LogP contribution < -0.4 is 16.8 Å². The maximum atomic E-state index is 11.6. The Labute approximate surface area is 90.5 Å². The molecule has 0 saturated heterocycles. The number of nitrogens with zero attached hydrogens (tertiary/aromatic N) is 2. The van der Waals surface area contributed by atoms with Crippen LogP contribution in [0.2, 0.25) is 0 Å². The van der Waals surface area contributed by atoms with Crippen molar-refractivity contribution in [3.05, 3.63) is 30.5 Å². The number of hydrogen-bond acceptors (Lipinski definition) is 6. The number of rotatable bonds is 2. The molecular formula is C9H9N5O2. The molecule has 7 heteroatoms. The number of nitrogen functional groups attached to an aromatic ring is 2. The number of carbonyl (C=O) groups excluding carboxylic acids is 1. The van der Waals surface area contributed by atoms with Crippen molar-refractivity contribution in [2.75, 3.05) is 16.8 Å². The molecule has 16 heavy (non-hydrogen) atoms. The third-order valence-corrected chi connectivity index (χ3v) is 1.89. The molecule has 82 valence electrons. The lowest BCUT2D eigenvalue weighted by Gasteiger charge is -2.07. The molecule has 0 aromatic carbocycles. The van der Waals surface area contributed by atoms with Crippen LogP contribution in [0.1, 0.15) is 10.6 Å². The zero-order valence-corrected chi connectivity index (χ0v) is 8.18. The molecule has 0 bridgehead atoms. The summed E-state index contributed by atoms with van der Waals surface area (Å²) < 4.78 is 4.91. The Bertz CT molecular complexity index is 488. The van der Waals surface area contributed by atoms with Gasteiger partial charge in [-0.05, 0) is 12.1 Å². The monoisotopic (exact) mass is 219 g/mol. The highest BCUT2D eigenvalue weighted by Crippen LogP contribution is 2.21. The minimum Gasteiger partial charge on any atom is -0.459 e. The molecule has 0 radical (unpaired) electrons. The van der Waals surface area contributed by atoms with Gasteiger partial charge in [0.05, 0.1) is 6.26 Å². The molecule has 0 spiro atoms. The van der Waals surface area contributed by atoms with E-state index >= 15 is 0 Å². The highest BCUT2D eigenvalue weighted by Gasteiger charge is 2.13. The number of carbonyl (C=O) groups is 1. The van der Waals surface area contributed by atoms with Crippen molar-refractivity contribution < 1.29 is 9.21 Å². The van der Waals surface area contributed by atoms with Crippen molar-refractivity contribution in [2.24, 2.45) is 0 Å². The molecule has 2 aromatic rings. The highest BCUT2D eigenvalue weighted by atomic mass is 16.3. The van der Waals surface area contributed by atoms with Crippen molar-refractivity contribution in [2.45, 2.75) is 0 Å². The predicted molar refractivity (Wildman–Crippen MR) is 57.5 cm³/mol. The normalized spacial score (nSPS) is 10.0. The van der Waals surface area contributed by atoms with Crippen LogP contribution in [0, 0.1) is 0 Å². The van der Waals surface area contributed by atoms with Gasteiger partial charge in [-0.25, -0.2) is 9.97 Å². The summed E-state index contributed by atoms with van der Waals surface area (Å²) in [4.78, 5) is 19.0. The lowest BCUT2D eigenvalue weighted by Crippen LogP contribution is -2.15. The quantitative estimate of drug-likeness (QED) is 0.675. The van der Waals surface area contributed by atoms with E-state index in [4.69, 9.17) is 15.9 Å². The molecule has 0 atom stereocenters. The zero-order valence-electron chi connectivity index (χ0n) is 8.18. The van der Waals surface area contributed by atoms with Crippen LogP contribution in [0.15, 0.2) is 29.1 Å². The second-order valence-corrected chi connectivity index (χ2v) is 2.95. The molecule has 2 heterocycles. The summed E-state index contributed by atoms with van der Waals surface area (Å²) in [6.07, 6.45) is 2.61. The summed E-state index contributed by atoms with van der Waals surface area (Å²) >= 11 is 0. The van der Waals surface area contributed by atoms with Crippen LogP contribution in [0.25, 0.3) is 0 Å². The summed E-state index contributed by atoms with van der Waals surface area (Å²) in [5, 5.41) is 2.47. The van der Waals surface area contributed by atoms with Crippen LogP contribution in [0.5, 0.6) is 0 Å². The molecule has 7 nitrogen and oxygen atoms in total. The van der Waals surface area contributed by atoms with E-state index in [1.165, 1.54) is 18.7 Å². The molecule has 0 unspecified atom stereocenters. The van der Waals surface area contributed by atoms with Crippen molar-refractivity contribution in [1.82, 2.24) is 9.97 Å². The molecule has 2 aromatic heterocycles. The van der Waals surface area contributed by atoms with E-state index in [1.807, 2.05) is 0 Å². The largest absolute Gasteiger partial charge is 0.459 e. The summed E-state index contributed by atoms with van der Waals surface area (Å²) in [7, 11) is 0. The third-order valence-electron chi connectivity index (χ3n) is 1.89. The van der Waals surface area contributed by atoms with Gasteiger partial charge >= 0.3 is 0 Å². The topological polar surface area (TPSA) is 120 Å². The number of nitrogens with one attached hydrogen (secondary N) is 1. The Morgan fingerprint density at radius 3 is 2.56 bits per heavy atom. The van der Waals surface area contributed by atoms with E-state index in [1.54, 1.807) is 6.07 Å². The summed E-state index contributed by atoms with van der Waals surface area (Å²) in [5.74, 6) is -0.0966. The first kappa shape index (κ1) is 9.97. The van der Waals surface area contributed by atoms with Gasteiger partial charge in [-0.1, -0.05) is 0 Å². The molecule has 1 amide bonds. The van der Waals surface area contributed by atoms with Crippen LogP contribution in [0.3, 0.4) is 0 Å². The second kappa shape index (κ2) is 3.89. The molecule has 2 rings (SSSR count). The van der Waals surface area contributed by atoms with Crippen molar-refractivity contribution in [1.29, 1.82) is 0 Å². The molecule has 0 aliphatic heterocycles. The molecule has 0 saturated carbocycles. The first-order valence-electron chi connectivity index (χ1n) is 4.39. The van der Waals surface area contributed by atoms with Gasteiger partial charge in [0.25, 0.3) is 5.91 Å². The number of furan rings is 1. The average Bonchev–Trinajstić information content (AvgIpc) is 2.76. The van der Waals surface area contributed by atoms with Gasteiger partial charge in [-0.3, -0.25) is 4.79 Å². The van der Waals surface area contributed by atoms with Gasteiger partial charge in [0.1, 0.15) is 12.0 Å². The highest BCUT2D eigenvalue weighted by molar-refractivity contribution is 6.05.